The summed E-state index contributed by atoms with van der Waals surface area (Å²) in [4.78, 5) is 19.4. The average molecular weight is 281 g/mol. The quantitative estimate of drug-likeness (QED) is 0.766. The highest BCUT2D eigenvalue weighted by Gasteiger charge is 2.21. The number of hydrogen-bond acceptors (Lipinski definition) is 4. The molecule has 6 nitrogen and oxygen atoms in total. The number of anilines is 1. The molecule has 4 rings (SSSR count). The maximum atomic E-state index is 12.1. The largest absolute Gasteiger partial charge is 0.355 e. The fourth-order valence-corrected chi connectivity index (χ4v) is 2.32. The molecule has 2 heterocycles. The topological polar surface area (TPSA) is 75.6 Å². The van der Waals surface area contributed by atoms with Gasteiger partial charge >= 0.3 is 0 Å². The third-order valence-corrected chi connectivity index (χ3v) is 3.69. The van der Waals surface area contributed by atoms with Crippen LogP contribution in [0.2, 0.25) is 0 Å². The van der Waals surface area contributed by atoms with Crippen molar-refractivity contribution in [1.29, 1.82) is 0 Å². The van der Waals surface area contributed by atoms with Crippen molar-refractivity contribution in [1.82, 2.24) is 19.7 Å². The first-order chi connectivity index (χ1) is 10.3. The Morgan fingerprint density at radius 3 is 2.86 bits per heavy atom. The predicted octanol–water partition coefficient (Wildman–Crippen LogP) is 1.93. The van der Waals surface area contributed by atoms with Crippen LogP contribution < -0.4 is 10.9 Å². The lowest BCUT2D eigenvalue weighted by Gasteiger charge is -2.06. The molecule has 21 heavy (non-hydrogen) atoms. The third-order valence-electron chi connectivity index (χ3n) is 3.69. The SMILES string of the molecule is O=c1[nH]c(NCC2CC2)nc2c1cnn2-c1ccccc1. The van der Waals surface area contributed by atoms with E-state index in [1.165, 1.54) is 12.8 Å². The molecule has 0 spiro atoms. The normalized spacial score (nSPS) is 14.5. The van der Waals surface area contributed by atoms with Gasteiger partial charge in [-0.25, -0.2) is 4.68 Å². The Hall–Kier alpha value is -2.63. The van der Waals surface area contributed by atoms with Crippen molar-refractivity contribution in [2.24, 2.45) is 5.92 Å². The predicted molar refractivity (Wildman–Crippen MR) is 80.7 cm³/mol. The molecule has 1 saturated carbocycles. The number of rotatable bonds is 4. The van der Waals surface area contributed by atoms with Crippen molar-refractivity contribution in [2.75, 3.05) is 11.9 Å². The summed E-state index contributed by atoms with van der Waals surface area (Å²) >= 11 is 0. The number of aromatic nitrogens is 4. The second kappa shape index (κ2) is 4.73. The van der Waals surface area contributed by atoms with Crippen LogP contribution in [-0.2, 0) is 0 Å². The number of nitrogens with zero attached hydrogens (tertiary/aromatic N) is 3. The van der Waals surface area contributed by atoms with Gasteiger partial charge in [0.15, 0.2) is 5.65 Å². The summed E-state index contributed by atoms with van der Waals surface area (Å²) in [6.07, 6.45) is 4.06. The first-order valence-corrected chi connectivity index (χ1v) is 7.08. The van der Waals surface area contributed by atoms with Crippen LogP contribution in [-0.4, -0.2) is 26.3 Å². The van der Waals surface area contributed by atoms with E-state index in [0.29, 0.717) is 22.9 Å². The van der Waals surface area contributed by atoms with Crippen LogP contribution in [0.15, 0.2) is 41.3 Å². The number of hydrogen-bond donors (Lipinski definition) is 2. The minimum atomic E-state index is -0.166. The maximum absolute atomic E-state index is 12.1. The molecule has 0 unspecified atom stereocenters. The lowest BCUT2D eigenvalue weighted by atomic mass is 10.3. The zero-order chi connectivity index (χ0) is 14.2. The zero-order valence-electron chi connectivity index (χ0n) is 11.4. The Labute approximate surface area is 120 Å². The van der Waals surface area contributed by atoms with Gasteiger partial charge in [0.25, 0.3) is 5.56 Å². The highest BCUT2D eigenvalue weighted by atomic mass is 16.1. The van der Waals surface area contributed by atoms with Crippen molar-refractivity contribution >= 4 is 17.0 Å². The van der Waals surface area contributed by atoms with Gasteiger partial charge < -0.3 is 5.32 Å². The Balaban J connectivity index is 1.79. The summed E-state index contributed by atoms with van der Waals surface area (Å²) in [5.41, 5.74) is 1.29. The monoisotopic (exact) mass is 281 g/mol. The summed E-state index contributed by atoms with van der Waals surface area (Å²) in [7, 11) is 0. The second-order valence-corrected chi connectivity index (χ2v) is 5.37. The third kappa shape index (κ3) is 2.29. The first kappa shape index (κ1) is 12.1. The van der Waals surface area contributed by atoms with Crippen molar-refractivity contribution < 1.29 is 0 Å². The maximum Gasteiger partial charge on any atom is 0.263 e. The van der Waals surface area contributed by atoms with Crippen LogP contribution in [0.1, 0.15) is 12.8 Å². The van der Waals surface area contributed by atoms with Crippen LogP contribution in [0.25, 0.3) is 16.7 Å². The van der Waals surface area contributed by atoms with E-state index < -0.39 is 0 Å². The van der Waals surface area contributed by atoms with Crippen LogP contribution in [0.3, 0.4) is 0 Å². The number of benzene rings is 1. The van der Waals surface area contributed by atoms with E-state index in [-0.39, 0.29) is 5.56 Å². The summed E-state index contributed by atoms with van der Waals surface area (Å²) < 4.78 is 1.69. The number of H-pyrrole nitrogens is 1. The van der Waals surface area contributed by atoms with Gasteiger partial charge in [0, 0.05) is 6.54 Å². The smallest absolute Gasteiger partial charge is 0.263 e. The highest BCUT2D eigenvalue weighted by Crippen LogP contribution is 2.28. The Morgan fingerprint density at radius 1 is 1.29 bits per heavy atom. The van der Waals surface area contributed by atoms with E-state index >= 15 is 0 Å². The molecule has 2 aromatic heterocycles. The molecule has 0 bridgehead atoms. The molecule has 1 aliphatic carbocycles. The number of para-hydroxylation sites is 1. The van der Waals surface area contributed by atoms with E-state index in [9.17, 15) is 4.79 Å². The molecule has 6 heteroatoms. The first-order valence-electron chi connectivity index (χ1n) is 7.08. The lowest BCUT2D eigenvalue weighted by molar-refractivity contribution is 0.865. The van der Waals surface area contributed by atoms with E-state index in [2.05, 4.69) is 20.4 Å². The molecule has 0 atom stereocenters. The lowest BCUT2D eigenvalue weighted by Crippen LogP contribution is -2.15. The van der Waals surface area contributed by atoms with Crippen molar-refractivity contribution in [3.05, 3.63) is 46.9 Å². The van der Waals surface area contributed by atoms with Crippen molar-refractivity contribution in [3.63, 3.8) is 0 Å². The van der Waals surface area contributed by atoms with Crippen LogP contribution in [0.4, 0.5) is 5.95 Å². The van der Waals surface area contributed by atoms with Gasteiger partial charge in [-0.1, -0.05) is 18.2 Å². The molecule has 1 aromatic carbocycles. The molecule has 0 aliphatic heterocycles. The van der Waals surface area contributed by atoms with Gasteiger partial charge in [0.2, 0.25) is 5.95 Å². The Bertz CT molecular complexity index is 832. The van der Waals surface area contributed by atoms with Crippen molar-refractivity contribution in [2.45, 2.75) is 12.8 Å². The van der Waals surface area contributed by atoms with E-state index in [0.717, 1.165) is 12.2 Å². The standard InChI is InChI=1S/C15H15N5O/c21-14-12-9-17-20(11-4-2-1-3-5-11)13(12)18-15(19-14)16-8-10-6-7-10/h1-5,9-10H,6-8H2,(H2,16,18,19,21). The molecular weight excluding hydrogens is 266 g/mol. The minimum absolute atomic E-state index is 0.166. The Morgan fingerprint density at radius 2 is 2.10 bits per heavy atom. The average Bonchev–Trinajstić information content (AvgIpc) is 3.24. The minimum Gasteiger partial charge on any atom is -0.355 e. The van der Waals surface area contributed by atoms with E-state index in [1.807, 2.05) is 30.3 Å². The van der Waals surface area contributed by atoms with Crippen molar-refractivity contribution in [3.8, 4) is 5.69 Å². The molecular formula is C15H15N5O. The number of nitrogens with one attached hydrogen (secondary N) is 2. The molecule has 1 fully saturated rings. The zero-order valence-corrected chi connectivity index (χ0v) is 11.4. The molecule has 1 aliphatic rings. The fraction of sp³-hybridized carbons (Fsp3) is 0.267. The Kier molecular flexibility index (Phi) is 2.73. The molecule has 3 aromatic rings. The van der Waals surface area contributed by atoms with Gasteiger partial charge in [-0.15, -0.1) is 0 Å². The highest BCUT2D eigenvalue weighted by molar-refractivity contribution is 5.76. The van der Waals surface area contributed by atoms with Gasteiger partial charge in [0.1, 0.15) is 5.39 Å². The van der Waals surface area contributed by atoms with Crippen LogP contribution in [0, 0.1) is 5.92 Å². The van der Waals surface area contributed by atoms with Crippen LogP contribution >= 0.6 is 0 Å². The fourth-order valence-electron chi connectivity index (χ4n) is 2.32. The molecule has 0 radical (unpaired) electrons. The van der Waals surface area contributed by atoms with E-state index in [1.54, 1.807) is 10.9 Å². The summed E-state index contributed by atoms with van der Waals surface area (Å²) in [6, 6.07) is 9.68. The summed E-state index contributed by atoms with van der Waals surface area (Å²) in [5.74, 6) is 1.22. The molecule has 0 amide bonds. The summed E-state index contributed by atoms with van der Waals surface area (Å²) in [5, 5.41) is 7.98. The number of fused-ring (bicyclic) bond motifs is 1. The van der Waals surface area contributed by atoms with Crippen LogP contribution in [0.5, 0.6) is 0 Å². The van der Waals surface area contributed by atoms with Gasteiger partial charge in [-0.3, -0.25) is 9.78 Å². The number of aromatic amines is 1. The molecule has 0 saturated heterocycles. The summed E-state index contributed by atoms with van der Waals surface area (Å²) in [6.45, 7) is 0.855. The molecule has 106 valence electrons. The van der Waals surface area contributed by atoms with Gasteiger partial charge in [0.05, 0.1) is 11.9 Å². The van der Waals surface area contributed by atoms with E-state index in [4.69, 9.17) is 0 Å². The van der Waals surface area contributed by atoms with Gasteiger partial charge in [-0.2, -0.15) is 10.1 Å². The van der Waals surface area contributed by atoms with Gasteiger partial charge in [-0.05, 0) is 30.9 Å². The molecule has 2 N–H and O–H groups in total. The second-order valence-electron chi connectivity index (χ2n) is 5.37.